The molecule has 0 N–H and O–H groups in total. The number of aromatic nitrogens is 2. The van der Waals surface area contributed by atoms with Gasteiger partial charge in [-0.2, -0.15) is 5.26 Å². The molecule has 7 heteroatoms. The van der Waals surface area contributed by atoms with E-state index in [9.17, 15) is 14.0 Å². The van der Waals surface area contributed by atoms with Gasteiger partial charge in [0, 0.05) is 12.2 Å². The molecule has 0 aliphatic heterocycles. The molecule has 2 aromatic carbocycles. The molecule has 3 aromatic rings. The Bertz CT molecular complexity index is 1040. The van der Waals surface area contributed by atoms with Crippen molar-refractivity contribution in [1.29, 1.82) is 5.26 Å². The number of hydrogen-bond acceptors (Lipinski definition) is 4. The van der Waals surface area contributed by atoms with Gasteiger partial charge in [0.25, 0.3) is 5.56 Å². The quantitative estimate of drug-likeness (QED) is 0.708. The highest BCUT2D eigenvalue weighted by Gasteiger charge is 2.17. The number of nitriles is 1. The van der Waals surface area contributed by atoms with Crippen molar-refractivity contribution in [2.75, 3.05) is 11.4 Å². The lowest BCUT2D eigenvalue weighted by Gasteiger charge is -2.22. The van der Waals surface area contributed by atoms with E-state index in [1.807, 2.05) is 6.07 Å². The van der Waals surface area contributed by atoms with Crippen LogP contribution in [0.5, 0.6) is 0 Å². The maximum absolute atomic E-state index is 13.1. The number of carbonyl (C=O) groups excluding carboxylic acids is 1. The van der Waals surface area contributed by atoms with E-state index in [2.05, 4.69) is 4.98 Å². The van der Waals surface area contributed by atoms with Crippen molar-refractivity contribution in [2.45, 2.75) is 13.0 Å². The molecule has 6 nitrogen and oxygen atoms in total. The lowest BCUT2D eigenvalue weighted by Crippen LogP contribution is -2.37. The average molecular weight is 350 g/mol. The normalized spacial score (nSPS) is 10.5. The predicted molar refractivity (Wildman–Crippen MR) is 95.0 cm³/mol. The second kappa shape index (κ2) is 7.57. The molecule has 0 aliphatic rings. The van der Waals surface area contributed by atoms with Crippen LogP contribution < -0.4 is 10.5 Å². The molecule has 3 rings (SSSR count). The lowest BCUT2D eigenvalue weighted by molar-refractivity contribution is -0.119. The lowest BCUT2D eigenvalue weighted by atomic mass is 10.2. The number of amides is 1. The molecule has 0 saturated heterocycles. The van der Waals surface area contributed by atoms with Crippen LogP contribution in [-0.4, -0.2) is 22.0 Å². The van der Waals surface area contributed by atoms with Crippen LogP contribution in [0.3, 0.4) is 0 Å². The molecule has 1 aromatic heterocycles. The Kier molecular flexibility index (Phi) is 5.04. The summed E-state index contributed by atoms with van der Waals surface area (Å²) in [5.74, 6) is -0.803. The number of anilines is 1. The van der Waals surface area contributed by atoms with E-state index in [1.165, 1.54) is 40.1 Å². The number of hydrogen-bond donors (Lipinski definition) is 0. The predicted octanol–water partition coefficient (Wildman–Crippen LogP) is 2.48. The molecule has 1 amide bonds. The molecule has 1 heterocycles. The Morgan fingerprint density at radius 1 is 1.19 bits per heavy atom. The molecular weight excluding hydrogens is 335 g/mol. The topological polar surface area (TPSA) is 79.0 Å². The third-order valence-corrected chi connectivity index (χ3v) is 3.92. The number of para-hydroxylation sites is 1. The van der Waals surface area contributed by atoms with Crippen LogP contribution in [-0.2, 0) is 11.3 Å². The summed E-state index contributed by atoms with van der Waals surface area (Å²) in [5.41, 5.74) is 0.706. The van der Waals surface area contributed by atoms with Crippen LogP contribution in [0.2, 0.25) is 0 Å². The van der Waals surface area contributed by atoms with Crippen molar-refractivity contribution in [3.05, 3.63) is 71.0 Å². The molecular formula is C19H15FN4O2. The van der Waals surface area contributed by atoms with E-state index in [1.54, 1.807) is 24.3 Å². The number of nitrogens with zero attached hydrogens (tertiary/aromatic N) is 4. The first-order valence-electron chi connectivity index (χ1n) is 7.97. The average Bonchev–Trinajstić information content (AvgIpc) is 2.66. The second-order valence-electron chi connectivity index (χ2n) is 5.62. The molecule has 0 radical (unpaired) electrons. The highest BCUT2D eigenvalue weighted by atomic mass is 19.1. The maximum atomic E-state index is 13.1. The van der Waals surface area contributed by atoms with Gasteiger partial charge in [-0.15, -0.1) is 0 Å². The minimum Gasteiger partial charge on any atom is -0.310 e. The fourth-order valence-corrected chi connectivity index (χ4v) is 2.63. The maximum Gasteiger partial charge on any atom is 0.261 e. The van der Waals surface area contributed by atoms with Crippen molar-refractivity contribution in [1.82, 2.24) is 9.55 Å². The van der Waals surface area contributed by atoms with Crippen molar-refractivity contribution in [3.63, 3.8) is 0 Å². The van der Waals surface area contributed by atoms with Crippen LogP contribution in [0, 0.1) is 17.1 Å². The van der Waals surface area contributed by atoms with Crippen LogP contribution in [0.25, 0.3) is 10.9 Å². The second-order valence-corrected chi connectivity index (χ2v) is 5.62. The summed E-state index contributed by atoms with van der Waals surface area (Å²) in [5, 5.41) is 9.25. The molecule has 0 spiro atoms. The fourth-order valence-electron chi connectivity index (χ4n) is 2.63. The minimum absolute atomic E-state index is 0.119. The van der Waals surface area contributed by atoms with Gasteiger partial charge in [-0.3, -0.25) is 14.2 Å². The first-order valence-corrected chi connectivity index (χ1v) is 7.97. The van der Waals surface area contributed by atoms with Gasteiger partial charge >= 0.3 is 0 Å². The molecule has 0 saturated carbocycles. The highest BCUT2D eigenvalue weighted by molar-refractivity contribution is 5.93. The van der Waals surface area contributed by atoms with Gasteiger partial charge in [-0.05, 0) is 36.4 Å². The Morgan fingerprint density at radius 2 is 1.92 bits per heavy atom. The van der Waals surface area contributed by atoms with E-state index in [0.29, 0.717) is 16.6 Å². The van der Waals surface area contributed by atoms with Gasteiger partial charge in [0.1, 0.15) is 12.4 Å². The Morgan fingerprint density at radius 3 is 2.65 bits per heavy atom. The van der Waals surface area contributed by atoms with Gasteiger partial charge < -0.3 is 4.90 Å². The largest absolute Gasteiger partial charge is 0.310 e. The van der Waals surface area contributed by atoms with E-state index >= 15 is 0 Å². The van der Waals surface area contributed by atoms with E-state index < -0.39 is 5.82 Å². The van der Waals surface area contributed by atoms with Crippen molar-refractivity contribution < 1.29 is 9.18 Å². The summed E-state index contributed by atoms with van der Waals surface area (Å²) >= 11 is 0. The Labute approximate surface area is 148 Å². The molecule has 0 fully saturated rings. The standard InChI is InChI=1S/C19H15FN4O2/c20-14-6-8-15(9-7-14)24(11-3-10-21)18(25)12-23-13-22-17-5-2-1-4-16(17)19(23)26/h1-2,4-9,13H,3,11-12H2. The zero-order valence-corrected chi connectivity index (χ0v) is 13.8. The number of carbonyl (C=O) groups is 1. The first-order chi connectivity index (χ1) is 12.6. The highest BCUT2D eigenvalue weighted by Crippen LogP contribution is 2.16. The molecule has 0 aliphatic carbocycles. The number of benzene rings is 2. The van der Waals surface area contributed by atoms with Crippen LogP contribution >= 0.6 is 0 Å². The van der Waals surface area contributed by atoms with Crippen molar-refractivity contribution in [3.8, 4) is 6.07 Å². The van der Waals surface area contributed by atoms with E-state index in [4.69, 9.17) is 5.26 Å². The first kappa shape index (κ1) is 17.3. The van der Waals surface area contributed by atoms with Gasteiger partial charge in [0.15, 0.2) is 0 Å². The van der Waals surface area contributed by atoms with Crippen molar-refractivity contribution in [2.24, 2.45) is 0 Å². The third-order valence-electron chi connectivity index (χ3n) is 3.92. The molecule has 0 unspecified atom stereocenters. The molecule has 0 bridgehead atoms. The summed E-state index contributed by atoms with van der Waals surface area (Å²) in [6, 6.07) is 14.3. The van der Waals surface area contributed by atoms with Crippen LogP contribution in [0.1, 0.15) is 6.42 Å². The Hall–Kier alpha value is -3.53. The third kappa shape index (κ3) is 3.59. The van der Waals surface area contributed by atoms with E-state index in [0.717, 1.165) is 0 Å². The van der Waals surface area contributed by atoms with Crippen LogP contribution in [0.15, 0.2) is 59.7 Å². The smallest absolute Gasteiger partial charge is 0.261 e. The summed E-state index contributed by atoms with van der Waals surface area (Å²) < 4.78 is 14.4. The van der Waals surface area contributed by atoms with Gasteiger partial charge in [-0.25, -0.2) is 9.37 Å². The molecule has 26 heavy (non-hydrogen) atoms. The molecule has 130 valence electrons. The summed E-state index contributed by atoms with van der Waals surface area (Å²) in [7, 11) is 0. The number of fused-ring (bicyclic) bond motifs is 1. The van der Waals surface area contributed by atoms with E-state index in [-0.39, 0.29) is 31.0 Å². The zero-order chi connectivity index (χ0) is 18.5. The molecule has 0 atom stereocenters. The zero-order valence-electron chi connectivity index (χ0n) is 13.8. The number of halogens is 1. The number of rotatable bonds is 5. The summed E-state index contributed by atoms with van der Waals surface area (Å²) in [6.07, 6.45) is 1.45. The van der Waals surface area contributed by atoms with Gasteiger partial charge in [0.2, 0.25) is 5.91 Å². The Balaban J connectivity index is 1.90. The van der Waals surface area contributed by atoms with Gasteiger partial charge in [-0.1, -0.05) is 12.1 Å². The summed E-state index contributed by atoms with van der Waals surface area (Å²) in [6.45, 7) is -0.0732. The SMILES string of the molecule is N#CCCN(C(=O)Cn1cnc2ccccc2c1=O)c1ccc(F)cc1. The monoisotopic (exact) mass is 350 g/mol. The summed E-state index contributed by atoms with van der Waals surface area (Å²) in [4.78, 5) is 30.8. The minimum atomic E-state index is -0.420. The fraction of sp³-hybridized carbons (Fsp3) is 0.158. The van der Waals surface area contributed by atoms with Crippen molar-refractivity contribution >= 4 is 22.5 Å². The van der Waals surface area contributed by atoms with Gasteiger partial charge in [0.05, 0.1) is 29.7 Å². The van der Waals surface area contributed by atoms with Crippen LogP contribution in [0.4, 0.5) is 10.1 Å².